The fourth-order valence-electron chi connectivity index (χ4n) is 4.60. The molecule has 2 atom stereocenters. The molecule has 138 valence electrons. The van der Waals surface area contributed by atoms with E-state index in [0.717, 1.165) is 52.2 Å². The fourth-order valence-corrected chi connectivity index (χ4v) is 4.60. The van der Waals surface area contributed by atoms with Crippen molar-refractivity contribution >= 4 is 5.91 Å². The summed E-state index contributed by atoms with van der Waals surface area (Å²) in [6.07, 6.45) is 4.39. The molecular weight excluding hydrogens is 302 g/mol. The predicted molar refractivity (Wildman–Crippen MR) is 96.0 cm³/mol. The van der Waals surface area contributed by atoms with Crippen LogP contribution in [0.2, 0.25) is 0 Å². The van der Waals surface area contributed by atoms with Gasteiger partial charge in [0.1, 0.15) is 0 Å². The normalized spacial score (nSPS) is 32.5. The Morgan fingerprint density at radius 3 is 2.50 bits per heavy atom. The van der Waals surface area contributed by atoms with Gasteiger partial charge in [0.15, 0.2) is 0 Å². The van der Waals surface area contributed by atoms with Gasteiger partial charge in [0.25, 0.3) is 0 Å². The molecule has 0 radical (unpaired) electrons. The number of amides is 1. The molecule has 0 bridgehead atoms. The first-order chi connectivity index (χ1) is 11.4. The van der Waals surface area contributed by atoms with E-state index in [1.54, 1.807) is 0 Å². The summed E-state index contributed by atoms with van der Waals surface area (Å²) in [5.41, 5.74) is 0.197. The lowest BCUT2D eigenvalue weighted by Crippen LogP contribution is -2.65. The molecule has 5 heteroatoms. The smallest absolute Gasteiger partial charge is 0.225 e. The average Bonchev–Trinajstić information content (AvgIpc) is 2.59. The van der Waals surface area contributed by atoms with Crippen LogP contribution in [-0.2, 0) is 9.53 Å². The number of piperidine rings is 1. The number of hydrogen-bond acceptors (Lipinski definition) is 4. The molecule has 0 aromatic carbocycles. The molecule has 0 aromatic rings. The van der Waals surface area contributed by atoms with E-state index in [0.29, 0.717) is 11.8 Å². The second-order valence-corrected chi connectivity index (χ2v) is 8.58. The first-order valence-electron chi connectivity index (χ1n) is 9.71. The third-order valence-electron chi connectivity index (χ3n) is 6.64. The number of piperazine rings is 1. The summed E-state index contributed by atoms with van der Waals surface area (Å²) >= 11 is 0. The Labute approximate surface area is 147 Å². The number of carbonyl (C=O) groups excluding carboxylic acids is 1. The monoisotopic (exact) mass is 337 g/mol. The molecule has 3 aliphatic heterocycles. The Morgan fingerprint density at radius 2 is 1.83 bits per heavy atom. The van der Waals surface area contributed by atoms with Crippen molar-refractivity contribution in [3.63, 3.8) is 0 Å². The molecule has 3 aliphatic rings. The summed E-state index contributed by atoms with van der Waals surface area (Å²) in [5.74, 6) is 1.04. The molecule has 1 amide bonds. The Balaban J connectivity index is 1.65. The average molecular weight is 338 g/mol. The summed E-state index contributed by atoms with van der Waals surface area (Å²) < 4.78 is 5.86. The molecule has 24 heavy (non-hydrogen) atoms. The van der Waals surface area contributed by atoms with Gasteiger partial charge in [-0.25, -0.2) is 0 Å². The van der Waals surface area contributed by atoms with Crippen LogP contribution < -0.4 is 0 Å². The first-order valence-corrected chi connectivity index (χ1v) is 9.71. The highest BCUT2D eigenvalue weighted by Crippen LogP contribution is 2.33. The number of rotatable bonds is 2. The maximum atomic E-state index is 13.2. The molecule has 3 fully saturated rings. The number of ether oxygens (including phenoxy) is 1. The number of nitrogens with zero attached hydrogens (tertiary/aromatic N) is 3. The van der Waals surface area contributed by atoms with Crippen LogP contribution in [0, 0.1) is 11.8 Å². The highest BCUT2D eigenvalue weighted by atomic mass is 16.5. The maximum absolute atomic E-state index is 13.2. The standard InChI is InChI=1S/C19H35N3O2/c1-15(2)17-13-16(5-12-24-17)18(23)22-11-10-21(4)19(14-22)6-8-20(3)9-7-19/h15-17H,5-14H2,1-4H3/t16-,17+/m1/s1. The van der Waals surface area contributed by atoms with E-state index >= 15 is 0 Å². The second kappa shape index (κ2) is 7.30. The van der Waals surface area contributed by atoms with E-state index < -0.39 is 0 Å². The lowest BCUT2D eigenvalue weighted by Gasteiger charge is -2.53. The van der Waals surface area contributed by atoms with E-state index in [2.05, 4.69) is 42.6 Å². The van der Waals surface area contributed by atoms with Crippen molar-refractivity contribution in [3.05, 3.63) is 0 Å². The molecule has 3 heterocycles. The van der Waals surface area contributed by atoms with Crippen LogP contribution in [0.25, 0.3) is 0 Å². The van der Waals surface area contributed by atoms with E-state index in [4.69, 9.17) is 4.74 Å². The Bertz CT molecular complexity index is 446. The van der Waals surface area contributed by atoms with Gasteiger partial charge in [-0.1, -0.05) is 13.8 Å². The lowest BCUT2D eigenvalue weighted by molar-refractivity contribution is -0.148. The topological polar surface area (TPSA) is 36.0 Å². The van der Waals surface area contributed by atoms with Gasteiger partial charge in [0.2, 0.25) is 5.91 Å². The molecular formula is C19H35N3O2. The third-order valence-corrected chi connectivity index (χ3v) is 6.64. The van der Waals surface area contributed by atoms with Gasteiger partial charge in [-0.15, -0.1) is 0 Å². The summed E-state index contributed by atoms with van der Waals surface area (Å²) in [7, 11) is 4.45. The number of likely N-dealkylation sites (N-methyl/N-ethyl adjacent to an activating group) is 1. The van der Waals surface area contributed by atoms with Crippen LogP contribution in [0.4, 0.5) is 0 Å². The van der Waals surface area contributed by atoms with Crippen LogP contribution in [0.3, 0.4) is 0 Å². The van der Waals surface area contributed by atoms with Gasteiger partial charge in [-0.2, -0.15) is 0 Å². The van der Waals surface area contributed by atoms with Crippen molar-refractivity contribution in [2.75, 3.05) is 53.4 Å². The zero-order valence-corrected chi connectivity index (χ0v) is 16.0. The molecule has 1 spiro atoms. The minimum Gasteiger partial charge on any atom is -0.378 e. The summed E-state index contributed by atoms with van der Waals surface area (Å²) in [6.45, 7) is 10.2. The van der Waals surface area contributed by atoms with E-state index in [-0.39, 0.29) is 17.6 Å². The zero-order chi connectivity index (χ0) is 17.3. The highest BCUT2D eigenvalue weighted by molar-refractivity contribution is 5.79. The second-order valence-electron chi connectivity index (χ2n) is 8.58. The van der Waals surface area contributed by atoms with Crippen LogP contribution in [0.5, 0.6) is 0 Å². The summed E-state index contributed by atoms with van der Waals surface area (Å²) in [5, 5.41) is 0. The number of likely N-dealkylation sites (tertiary alicyclic amines) is 1. The van der Waals surface area contributed by atoms with Crippen molar-refractivity contribution in [2.24, 2.45) is 11.8 Å². The van der Waals surface area contributed by atoms with Gasteiger partial charge < -0.3 is 14.5 Å². The largest absolute Gasteiger partial charge is 0.378 e. The van der Waals surface area contributed by atoms with Gasteiger partial charge in [-0.3, -0.25) is 9.69 Å². The van der Waals surface area contributed by atoms with Crippen LogP contribution in [0.15, 0.2) is 0 Å². The van der Waals surface area contributed by atoms with Crippen LogP contribution in [0.1, 0.15) is 39.5 Å². The number of carbonyl (C=O) groups is 1. The molecule has 0 aliphatic carbocycles. The van der Waals surface area contributed by atoms with E-state index in [9.17, 15) is 4.79 Å². The van der Waals surface area contributed by atoms with Gasteiger partial charge in [0, 0.05) is 37.7 Å². The van der Waals surface area contributed by atoms with E-state index in [1.807, 2.05) is 0 Å². The minimum atomic E-state index is 0.165. The van der Waals surface area contributed by atoms with Crippen molar-refractivity contribution in [1.29, 1.82) is 0 Å². The van der Waals surface area contributed by atoms with Gasteiger partial charge >= 0.3 is 0 Å². The molecule has 5 nitrogen and oxygen atoms in total. The fraction of sp³-hybridized carbons (Fsp3) is 0.947. The summed E-state index contributed by atoms with van der Waals surface area (Å²) in [4.78, 5) is 20.3. The summed E-state index contributed by atoms with van der Waals surface area (Å²) in [6, 6.07) is 0. The van der Waals surface area contributed by atoms with Crippen molar-refractivity contribution < 1.29 is 9.53 Å². The first kappa shape index (κ1) is 18.2. The zero-order valence-electron chi connectivity index (χ0n) is 16.0. The minimum absolute atomic E-state index is 0.165. The van der Waals surface area contributed by atoms with Crippen molar-refractivity contribution in [1.82, 2.24) is 14.7 Å². The molecule has 0 saturated carbocycles. The van der Waals surface area contributed by atoms with Crippen molar-refractivity contribution in [3.8, 4) is 0 Å². The Kier molecular flexibility index (Phi) is 5.52. The van der Waals surface area contributed by atoms with Crippen LogP contribution >= 0.6 is 0 Å². The Hall–Kier alpha value is -0.650. The predicted octanol–water partition coefficient (Wildman–Crippen LogP) is 1.68. The maximum Gasteiger partial charge on any atom is 0.225 e. The van der Waals surface area contributed by atoms with Gasteiger partial charge in [-0.05, 0) is 58.8 Å². The molecule has 0 aromatic heterocycles. The number of hydrogen-bond donors (Lipinski definition) is 0. The molecule has 3 rings (SSSR count). The third kappa shape index (κ3) is 3.63. The SMILES string of the molecule is CC(C)[C@@H]1C[C@H](C(=O)N2CCN(C)C3(CCN(C)CC3)C2)CCO1. The quantitative estimate of drug-likeness (QED) is 0.768. The molecule has 0 N–H and O–H groups in total. The van der Waals surface area contributed by atoms with Gasteiger partial charge in [0.05, 0.1) is 6.10 Å². The van der Waals surface area contributed by atoms with Crippen molar-refractivity contribution in [2.45, 2.75) is 51.2 Å². The Morgan fingerprint density at radius 1 is 1.12 bits per heavy atom. The molecule has 3 saturated heterocycles. The molecule has 0 unspecified atom stereocenters. The highest BCUT2D eigenvalue weighted by Gasteiger charge is 2.44. The van der Waals surface area contributed by atoms with Crippen LogP contribution in [-0.4, -0.2) is 85.7 Å². The van der Waals surface area contributed by atoms with E-state index in [1.165, 1.54) is 12.8 Å². The lowest BCUT2D eigenvalue weighted by atomic mass is 9.82.